The number of benzene rings is 1. The van der Waals surface area contributed by atoms with Crippen molar-refractivity contribution in [2.24, 2.45) is 0 Å². The van der Waals surface area contributed by atoms with Gasteiger partial charge in [0.2, 0.25) is 5.88 Å². The van der Waals surface area contributed by atoms with Crippen LogP contribution in [0.5, 0.6) is 11.6 Å². The standard InChI is InChI=1S/C10H8BrNOS/c1-7-12-10(6-14-7)13-9-4-2-8(11)3-5-9/h2-6H,1H3. The number of hydrogen-bond acceptors (Lipinski definition) is 3. The highest BCUT2D eigenvalue weighted by molar-refractivity contribution is 9.10. The zero-order chi connectivity index (χ0) is 9.97. The number of aryl methyl sites for hydroxylation is 1. The predicted octanol–water partition coefficient (Wildman–Crippen LogP) is 4.01. The smallest absolute Gasteiger partial charge is 0.230 e. The van der Waals surface area contributed by atoms with Gasteiger partial charge in [0, 0.05) is 4.47 Å². The molecule has 1 aromatic carbocycles. The van der Waals surface area contributed by atoms with Gasteiger partial charge in [0.15, 0.2) is 0 Å². The van der Waals surface area contributed by atoms with Gasteiger partial charge in [-0.2, -0.15) is 0 Å². The summed E-state index contributed by atoms with van der Waals surface area (Å²) in [6.07, 6.45) is 0. The number of hydrogen-bond donors (Lipinski definition) is 0. The Bertz CT molecular complexity index is 424. The Kier molecular flexibility index (Phi) is 2.84. The van der Waals surface area contributed by atoms with Crippen molar-refractivity contribution in [3.05, 3.63) is 39.1 Å². The number of aromatic nitrogens is 1. The first-order chi connectivity index (χ1) is 6.74. The van der Waals surface area contributed by atoms with Gasteiger partial charge in [-0.15, -0.1) is 11.3 Å². The highest BCUT2D eigenvalue weighted by atomic mass is 79.9. The van der Waals surface area contributed by atoms with Gasteiger partial charge < -0.3 is 4.74 Å². The highest BCUT2D eigenvalue weighted by Crippen LogP contribution is 2.24. The summed E-state index contributed by atoms with van der Waals surface area (Å²) >= 11 is 4.95. The second-order valence-corrected chi connectivity index (χ2v) is 4.74. The van der Waals surface area contributed by atoms with Crippen molar-refractivity contribution in [1.29, 1.82) is 0 Å². The van der Waals surface area contributed by atoms with Crippen LogP contribution in [0.4, 0.5) is 0 Å². The Labute approximate surface area is 94.7 Å². The molecule has 0 saturated heterocycles. The Morgan fingerprint density at radius 1 is 1.29 bits per heavy atom. The Morgan fingerprint density at radius 2 is 2.00 bits per heavy atom. The fourth-order valence-corrected chi connectivity index (χ4v) is 1.79. The van der Waals surface area contributed by atoms with Crippen LogP contribution in [-0.2, 0) is 0 Å². The fraction of sp³-hybridized carbons (Fsp3) is 0.100. The van der Waals surface area contributed by atoms with Crippen molar-refractivity contribution in [2.45, 2.75) is 6.92 Å². The molecule has 1 aromatic heterocycles. The molecule has 2 nitrogen and oxygen atoms in total. The topological polar surface area (TPSA) is 22.1 Å². The molecule has 0 spiro atoms. The van der Waals surface area contributed by atoms with E-state index in [0.29, 0.717) is 5.88 Å². The third kappa shape index (κ3) is 2.33. The lowest BCUT2D eigenvalue weighted by Crippen LogP contribution is -1.83. The molecular formula is C10H8BrNOS. The molecule has 0 aliphatic carbocycles. The molecular weight excluding hydrogens is 262 g/mol. The third-order valence-corrected chi connectivity index (χ3v) is 2.91. The van der Waals surface area contributed by atoms with Gasteiger partial charge >= 0.3 is 0 Å². The average molecular weight is 270 g/mol. The summed E-state index contributed by atoms with van der Waals surface area (Å²) < 4.78 is 6.57. The van der Waals surface area contributed by atoms with Gasteiger partial charge in [0.25, 0.3) is 0 Å². The number of rotatable bonds is 2. The quantitative estimate of drug-likeness (QED) is 0.822. The molecule has 72 valence electrons. The van der Waals surface area contributed by atoms with E-state index >= 15 is 0 Å². The molecule has 2 aromatic rings. The van der Waals surface area contributed by atoms with Crippen molar-refractivity contribution in [2.75, 3.05) is 0 Å². The maximum Gasteiger partial charge on any atom is 0.230 e. The lowest BCUT2D eigenvalue weighted by atomic mass is 10.3. The molecule has 4 heteroatoms. The Balaban J connectivity index is 2.15. The van der Waals surface area contributed by atoms with Crippen molar-refractivity contribution in [3.8, 4) is 11.6 Å². The van der Waals surface area contributed by atoms with E-state index in [4.69, 9.17) is 4.74 Å². The second kappa shape index (κ2) is 4.11. The largest absolute Gasteiger partial charge is 0.438 e. The van der Waals surface area contributed by atoms with Crippen LogP contribution < -0.4 is 4.74 Å². The van der Waals surface area contributed by atoms with E-state index in [0.717, 1.165) is 15.2 Å². The number of thiazole rings is 1. The van der Waals surface area contributed by atoms with Crippen molar-refractivity contribution >= 4 is 27.3 Å². The van der Waals surface area contributed by atoms with Gasteiger partial charge in [-0.3, -0.25) is 0 Å². The van der Waals surface area contributed by atoms with Gasteiger partial charge in [0.1, 0.15) is 5.75 Å². The second-order valence-electron chi connectivity index (χ2n) is 2.76. The van der Waals surface area contributed by atoms with Crippen LogP contribution in [0, 0.1) is 6.92 Å². The van der Waals surface area contributed by atoms with Crippen LogP contribution in [0.25, 0.3) is 0 Å². The summed E-state index contributed by atoms with van der Waals surface area (Å²) in [7, 11) is 0. The zero-order valence-corrected chi connectivity index (χ0v) is 9.93. The van der Waals surface area contributed by atoms with E-state index in [-0.39, 0.29) is 0 Å². The molecule has 0 radical (unpaired) electrons. The van der Waals surface area contributed by atoms with E-state index < -0.39 is 0 Å². The highest BCUT2D eigenvalue weighted by Gasteiger charge is 2.00. The summed E-state index contributed by atoms with van der Waals surface area (Å²) in [6.45, 7) is 1.96. The number of nitrogens with zero attached hydrogens (tertiary/aromatic N) is 1. The zero-order valence-electron chi connectivity index (χ0n) is 7.53. The van der Waals surface area contributed by atoms with Crippen molar-refractivity contribution in [3.63, 3.8) is 0 Å². The van der Waals surface area contributed by atoms with E-state index in [1.54, 1.807) is 11.3 Å². The summed E-state index contributed by atoms with van der Waals surface area (Å²) in [5.41, 5.74) is 0. The predicted molar refractivity (Wildman–Crippen MR) is 61.1 cm³/mol. The molecule has 0 unspecified atom stereocenters. The maximum absolute atomic E-state index is 5.53. The van der Waals surface area contributed by atoms with Crippen molar-refractivity contribution in [1.82, 2.24) is 4.98 Å². The summed E-state index contributed by atoms with van der Waals surface area (Å²) in [5.74, 6) is 1.47. The summed E-state index contributed by atoms with van der Waals surface area (Å²) in [6, 6.07) is 7.68. The first kappa shape index (κ1) is 9.68. The fourth-order valence-electron chi connectivity index (χ4n) is 1.01. The molecule has 1 heterocycles. The molecule has 0 saturated carbocycles. The molecule has 0 aliphatic rings. The van der Waals surface area contributed by atoms with Crippen LogP contribution >= 0.6 is 27.3 Å². The minimum atomic E-state index is 0.662. The maximum atomic E-state index is 5.53. The van der Waals surface area contributed by atoms with Gasteiger partial charge in [-0.25, -0.2) is 4.98 Å². The Hall–Kier alpha value is -0.870. The first-order valence-corrected chi connectivity index (χ1v) is 5.77. The summed E-state index contributed by atoms with van der Waals surface area (Å²) in [4.78, 5) is 4.21. The van der Waals surface area contributed by atoms with Crippen LogP contribution in [-0.4, -0.2) is 4.98 Å². The number of halogens is 1. The van der Waals surface area contributed by atoms with Crippen LogP contribution in [0.1, 0.15) is 5.01 Å². The lowest BCUT2D eigenvalue weighted by molar-refractivity contribution is 0.465. The SMILES string of the molecule is Cc1nc(Oc2ccc(Br)cc2)cs1. The van der Waals surface area contributed by atoms with E-state index in [1.165, 1.54) is 0 Å². The minimum Gasteiger partial charge on any atom is -0.438 e. The molecule has 14 heavy (non-hydrogen) atoms. The molecule has 0 atom stereocenters. The molecule has 0 fully saturated rings. The van der Waals surface area contributed by atoms with Gasteiger partial charge in [0.05, 0.1) is 10.4 Å². The van der Waals surface area contributed by atoms with Crippen molar-refractivity contribution < 1.29 is 4.74 Å². The van der Waals surface area contributed by atoms with Crippen LogP contribution in [0.3, 0.4) is 0 Å². The van der Waals surface area contributed by atoms with Crippen LogP contribution in [0.15, 0.2) is 34.1 Å². The van der Waals surface area contributed by atoms with Crippen LogP contribution in [0.2, 0.25) is 0 Å². The summed E-state index contributed by atoms with van der Waals surface area (Å²) in [5, 5.41) is 2.91. The normalized spacial score (nSPS) is 10.1. The average Bonchev–Trinajstić information content (AvgIpc) is 2.56. The number of ether oxygens (including phenoxy) is 1. The third-order valence-electron chi connectivity index (χ3n) is 1.63. The molecule has 0 N–H and O–H groups in total. The van der Waals surface area contributed by atoms with E-state index in [1.807, 2.05) is 36.6 Å². The first-order valence-electron chi connectivity index (χ1n) is 4.09. The minimum absolute atomic E-state index is 0.662. The van der Waals surface area contributed by atoms with E-state index in [2.05, 4.69) is 20.9 Å². The molecule has 0 amide bonds. The van der Waals surface area contributed by atoms with E-state index in [9.17, 15) is 0 Å². The lowest BCUT2D eigenvalue weighted by Gasteiger charge is -2.00. The monoisotopic (exact) mass is 269 g/mol. The molecule has 2 rings (SSSR count). The Morgan fingerprint density at radius 3 is 2.57 bits per heavy atom. The van der Waals surface area contributed by atoms with Gasteiger partial charge in [-0.1, -0.05) is 15.9 Å². The molecule has 0 bridgehead atoms. The molecule has 0 aliphatic heterocycles. The van der Waals surface area contributed by atoms with Gasteiger partial charge in [-0.05, 0) is 31.2 Å².